The molecule has 0 unspecified atom stereocenters. The molecule has 6 heteroatoms. The Balaban J connectivity index is 1.44. The molecule has 1 amide bonds. The second-order valence-electron chi connectivity index (χ2n) is 8.59. The lowest BCUT2D eigenvalue weighted by atomic mass is 9.93. The second-order valence-corrected chi connectivity index (χ2v) is 8.59. The summed E-state index contributed by atoms with van der Waals surface area (Å²) in [5, 5.41) is 0. The number of benzene rings is 1. The van der Waals surface area contributed by atoms with Crippen LogP contribution in [-0.4, -0.2) is 43.4 Å². The Morgan fingerprint density at radius 1 is 1.10 bits per heavy atom. The Labute approximate surface area is 184 Å². The van der Waals surface area contributed by atoms with E-state index in [1.54, 1.807) is 12.4 Å². The van der Waals surface area contributed by atoms with Gasteiger partial charge in [0.25, 0.3) is 0 Å². The molecule has 1 aromatic carbocycles. The van der Waals surface area contributed by atoms with Crippen LogP contribution in [0, 0.1) is 0 Å². The van der Waals surface area contributed by atoms with E-state index < -0.39 is 0 Å². The second kappa shape index (κ2) is 9.86. The minimum atomic E-state index is 0.193. The highest BCUT2D eigenvalue weighted by Crippen LogP contribution is 2.30. The van der Waals surface area contributed by atoms with Crippen LogP contribution < -0.4 is 0 Å². The molecule has 162 valence electrons. The Morgan fingerprint density at radius 2 is 1.90 bits per heavy atom. The largest absolute Gasteiger partial charge is 0.342 e. The van der Waals surface area contributed by atoms with E-state index in [1.165, 1.54) is 5.56 Å². The lowest BCUT2D eigenvalue weighted by molar-refractivity contribution is -0.132. The van der Waals surface area contributed by atoms with E-state index >= 15 is 0 Å². The quantitative estimate of drug-likeness (QED) is 0.567. The topological polar surface area (TPSA) is 63.9 Å². The number of amides is 1. The minimum absolute atomic E-state index is 0.193. The van der Waals surface area contributed by atoms with E-state index in [2.05, 4.69) is 48.1 Å². The molecule has 0 N–H and O–H groups in total. The summed E-state index contributed by atoms with van der Waals surface area (Å²) in [5.41, 5.74) is 2.25. The maximum absolute atomic E-state index is 12.9. The van der Waals surface area contributed by atoms with Crippen LogP contribution in [0.25, 0.3) is 5.82 Å². The van der Waals surface area contributed by atoms with Crippen LogP contribution in [0.1, 0.15) is 68.4 Å². The number of hydrogen-bond acceptors (Lipinski definition) is 4. The maximum atomic E-state index is 12.9. The molecular weight excluding hydrogens is 386 g/mol. The fourth-order valence-electron chi connectivity index (χ4n) is 4.41. The van der Waals surface area contributed by atoms with Crippen molar-refractivity contribution in [1.29, 1.82) is 0 Å². The number of imidazole rings is 1. The van der Waals surface area contributed by atoms with Crippen LogP contribution in [-0.2, 0) is 11.2 Å². The Kier molecular flexibility index (Phi) is 6.75. The third-order valence-corrected chi connectivity index (χ3v) is 5.98. The summed E-state index contributed by atoms with van der Waals surface area (Å²) in [6.07, 6.45) is 11.7. The van der Waals surface area contributed by atoms with Gasteiger partial charge in [0.15, 0.2) is 5.82 Å². The highest BCUT2D eigenvalue weighted by molar-refractivity contribution is 5.76. The molecule has 0 aliphatic carbocycles. The van der Waals surface area contributed by atoms with Gasteiger partial charge in [0.05, 0.1) is 5.69 Å². The molecule has 3 aromatic rings. The summed E-state index contributed by atoms with van der Waals surface area (Å²) >= 11 is 0. The fraction of sp³-hybridized carbons (Fsp3) is 0.440. The number of piperidine rings is 1. The van der Waals surface area contributed by atoms with Crippen LogP contribution >= 0.6 is 0 Å². The van der Waals surface area contributed by atoms with Crippen molar-refractivity contribution < 1.29 is 4.79 Å². The van der Waals surface area contributed by atoms with Crippen molar-refractivity contribution in [2.75, 3.05) is 13.1 Å². The predicted octanol–water partition coefficient (Wildman–Crippen LogP) is 4.51. The van der Waals surface area contributed by atoms with E-state index in [0.29, 0.717) is 18.9 Å². The van der Waals surface area contributed by atoms with E-state index in [1.807, 2.05) is 27.9 Å². The van der Waals surface area contributed by atoms with Crippen LogP contribution in [0.2, 0.25) is 0 Å². The normalized spacial score (nSPS) is 16.6. The smallest absolute Gasteiger partial charge is 0.222 e. The van der Waals surface area contributed by atoms with E-state index in [0.717, 1.165) is 49.6 Å². The summed E-state index contributed by atoms with van der Waals surface area (Å²) in [5.74, 6) is 2.55. The van der Waals surface area contributed by atoms with Gasteiger partial charge in [-0.3, -0.25) is 14.3 Å². The highest BCUT2D eigenvalue weighted by atomic mass is 16.2. The zero-order valence-electron chi connectivity index (χ0n) is 18.4. The number of rotatable bonds is 7. The van der Waals surface area contributed by atoms with Crippen LogP contribution in [0.5, 0.6) is 0 Å². The Hall–Kier alpha value is -3.02. The molecule has 0 spiro atoms. The monoisotopic (exact) mass is 417 g/mol. The first-order valence-corrected chi connectivity index (χ1v) is 11.3. The summed E-state index contributed by atoms with van der Waals surface area (Å²) < 4.78 is 2.05. The number of aromatic nitrogens is 4. The molecule has 0 saturated carbocycles. The number of carbonyl (C=O) groups is 1. The van der Waals surface area contributed by atoms with Crippen molar-refractivity contribution in [3.05, 3.63) is 72.2 Å². The van der Waals surface area contributed by atoms with Gasteiger partial charge >= 0.3 is 0 Å². The van der Waals surface area contributed by atoms with Crippen molar-refractivity contribution >= 4 is 5.91 Å². The van der Waals surface area contributed by atoms with Crippen molar-refractivity contribution in [2.24, 2.45) is 0 Å². The number of hydrogen-bond donors (Lipinski definition) is 0. The summed E-state index contributed by atoms with van der Waals surface area (Å²) in [6.45, 7) is 5.80. The number of aryl methyl sites for hydroxylation is 1. The molecule has 1 atom stereocenters. The molecule has 1 aliphatic heterocycles. The summed E-state index contributed by atoms with van der Waals surface area (Å²) in [4.78, 5) is 28.8. The van der Waals surface area contributed by atoms with Gasteiger partial charge in [-0.1, -0.05) is 44.2 Å². The van der Waals surface area contributed by atoms with Crippen molar-refractivity contribution in [1.82, 2.24) is 24.4 Å². The van der Waals surface area contributed by atoms with E-state index in [4.69, 9.17) is 4.98 Å². The van der Waals surface area contributed by atoms with Gasteiger partial charge in [-0.15, -0.1) is 0 Å². The first-order valence-electron chi connectivity index (χ1n) is 11.3. The Morgan fingerprint density at radius 3 is 2.71 bits per heavy atom. The minimum Gasteiger partial charge on any atom is -0.342 e. The van der Waals surface area contributed by atoms with Gasteiger partial charge in [-0.2, -0.15) is 0 Å². The van der Waals surface area contributed by atoms with Gasteiger partial charge in [-0.25, -0.2) is 9.97 Å². The summed E-state index contributed by atoms with van der Waals surface area (Å²) in [6, 6.07) is 10.4. The summed E-state index contributed by atoms with van der Waals surface area (Å²) in [7, 11) is 0. The molecule has 0 bridgehead atoms. The third kappa shape index (κ3) is 5.01. The third-order valence-electron chi connectivity index (χ3n) is 5.98. The zero-order chi connectivity index (χ0) is 21.6. The molecule has 1 aliphatic rings. The molecule has 3 heterocycles. The number of likely N-dealkylation sites (tertiary alicyclic amines) is 1. The fourth-order valence-corrected chi connectivity index (χ4v) is 4.41. The first kappa shape index (κ1) is 21.2. The van der Waals surface area contributed by atoms with Gasteiger partial charge in [0.2, 0.25) is 5.91 Å². The molecule has 1 saturated heterocycles. The molecule has 4 rings (SSSR count). The number of carbonyl (C=O) groups excluding carboxylic acids is 1. The van der Waals surface area contributed by atoms with Crippen molar-refractivity contribution in [3.63, 3.8) is 0 Å². The molecular formula is C25H31N5O. The SMILES string of the molecule is CC(C)c1nccn1-c1nccnc1[C@@H]1CCCN(C(=O)CCCc2ccccc2)C1. The van der Waals surface area contributed by atoms with Crippen molar-refractivity contribution in [2.45, 2.75) is 57.8 Å². The maximum Gasteiger partial charge on any atom is 0.222 e. The van der Waals surface area contributed by atoms with E-state index in [-0.39, 0.29) is 11.8 Å². The molecule has 0 radical (unpaired) electrons. The average Bonchev–Trinajstić information content (AvgIpc) is 3.30. The van der Waals surface area contributed by atoms with Gasteiger partial charge < -0.3 is 4.90 Å². The van der Waals surface area contributed by atoms with Crippen LogP contribution in [0.3, 0.4) is 0 Å². The van der Waals surface area contributed by atoms with Crippen LogP contribution in [0.4, 0.5) is 0 Å². The van der Waals surface area contributed by atoms with Crippen LogP contribution in [0.15, 0.2) is 55.1 Å². The molecule has 6 nitrogen and oxygen atoms in total. The van der Waals surface area contributed by atoms with Gasteiger partial charge in [-0.05, 0) is 31.2 Å². The zero-order valence-corrected chi connectivity index (χ0v) is 18.4. The average molecular weight is 418 g/mol. The predicted molar refractivity (Wildman–Crippen MR) is 121 cm³/mol. The molecule has 2 aromatic heterocycles. The lowest BCUT2D eigenvalue weighted by Crippen LogP contribution is -2.39. The van der Waals surface area contributed by atoms with E-state index in [9.17, 15) is 4.79 Å². The van der Waals surface area contributed by atoms with Gasteiger partial charge in [0.1, 0.15) is 5.82 Å². The lowest BCUT2D eigenvalue weighted by Gasteiger charge is -2.33. The molecule has 1 fully saturated rings. The molecule has 31 heavy (non-hydrogen) atoms. The Bertz CT molecular complexity index is 998. The van der Waals surface area contributed by atoms with Crippen molar-refractivity contribution in [3.8, 4) is 5.82 Å². The first-order chi connectivity index (χ1) is 15.1. The highest BCUT2D eigenvalue weighted by Gasteiger charge is 2.28. The number of nitrogens with zero attached hydrogens (tertiary/aromatic N) is 5. The van der Waals surface area contributed by atoms with Gasteiger partial charge in [0, 0.05) is 56.1 Å². The standard InChI is InChI=1S/C25H31N5O/c1-19(2)24-28-15-17-30(24)25-23(26-13-14-27-25)21-11-7-16-29(18-21)22(31)12-6-10-20-8-4-3-5-9-20/h3-5,8-9,13-15,17,19,21H,6-7,10-12,16,18H2,1-2H3/t21-/m1/s1.